The van der Waals surface area contributed by atoms with Gasteiger partial charge in [-0.25, -0.2) is 9.89 Å². The maximum absolute atomic E-state index is 11.8. The number of amides is 1. The maximum atomic E-state index is 11.8. The molecule has 2 aromatic rings. The fourth-order valence-corrected chi connectivity index (χ4v) is 2.01. The van der Waals surface area contributed by atoms with E-state index in [9.17, 15) is 9.59 Å². The smallest absolute Gasteiger partial charge is 0.344 e. The first-order chi connectivity index (χ1) is 9.47. The Bertz CT molecular complexity index is 675. The predicted octanol–water partition coefficient (Wildman–Crippen LogP) is 1.42. The van der Waals surface area contributed by atoms with Gasteiger partial charge in [-0.05, 0) is 26.0 Å². The topological polar surface area (TPSA) is 79.8 Å². The minimum Gasteiger partial charge on any atom is -0.352 e. The lowest BCUT2D eigenvalue weighted by molar-refractivity contribution is -0.122. The summed E-state index contributed by atoms with van der Waals surface area (Å²) in [6.07, 6.45) is 0. The van der Waals surface area contributed by atoms with Gasteiger partial charge in [-0.2, -0.15) is 5.10 Å². The van der Waals surface area contributed by atoms with Gasteiger partial charge >= 0.3 is 5.69 Å². The van der Waals surface area contributed by atoms with Crippen LogP contribution in [0.2, 0.25) is 5.02 Å². The number of nitrogens with one attached hydrogen (secondary N) is 2. The third-order valence-electron chi connectivity index (χ3n) is 2.59. The summed E-state index contributed by atoms with van der Waals surface area (Å²) in [5.41, 5.74) is 0.243. The van der Waals surface area contributed by atoms with E-state index in [1.807, 2.05) is 13.8 Å². The molecule has 2 rings (SSSR count). The number of carbonyl (C=O) groups excluding carboxylic acids is 1. The molecule has 0 spiro atoms. The van der Waals surface area contributed by atoms with E-state index < -0.39 is 5.69 Å². The lowest BCUT2D eigenvalue weighted by atomic mass is 10.2. The van der Waals surface area contributed by atoms with E-state index >= 15 is 0 Å². The van der Waals surface area contributed by atoms with Crippen LogP contribution in [0.3, 0.4) is 0 Å². The minimum atomic E-state index is -0.432. The molecule has 1 aromatic heterocycles. The van der Waals surface area contributed by atoms with Crippen LogP contribution < -0.4 is 11.0 Å². The van der Waals surface area contributed by atoms with Gasteiger partial charge in [0.15, 0.2) is 5.82 Å². The van der Waals surface area contributed by atoms with Crippen molar-refractivity contribution in [2.75, 3.05) is 0 Å². The fraction of sp³-hybridized carbons (Fsp3) is 0.308. The second kappa shape index (κ2) is 5.92. The zero-order valence-electron chi connectivity index (χ0n) is 11.2. The first kappa shape index (κ1) is 14.3. The largest absolute Gasteiger partial charge is 0.352 e. The molecule has 0 aliphatic heterocycles. The van der Waals surface area contributed by atoms with E-state index in [2.05, 4.69) is 15.5 Å². The number of hydrogen-bond donors (Lipinski definition) is 2. The van der Waals surface area contributed by atoms with Gasteiger partial charge in [0.25, 0.3) is 0 Å². The van der Waals surface area contributed by atoms with Gasteiger partial charge in [-0.15, -0.1) is 0 Å². The molecule has 0 atom stereocenters. The predicted molar refractivity (Wildman–Crippen MR) is 76.6 cm³/mol. The van der Waals surface area contributed by atoms with Crippen molar-refractivity contribution in [3.8, 4) is 11.4 Å². The number of halogens is 1. The third-order valence-corrected chi connectivity index (χ3v) is 2.83. The number of nitrogens with zero attached hydrogens (tertiary/aromatic N) is 2. The number of hydrogen-bond acceptors (Lipinski definition) is 3. The summed E-state index contributed by atoms with van der Waals surface area (Å²) in [6, 6.07) is 6.97. The molecule has 106 valence electrons. The SMILES string of the molecule is CC(C)NC(=O)Cn1c(-c2cccc(Cl)c2)n[nH]c1=O. The molecule has 0 saturated heterocycles. The van der Waals surface area contributed by atoms with Crippen molar-refractivity contribution in [3.05, 3.63) is 39.8 Å². The molecule has 0 radical (unpaired) electrons. The van der Waals surface area contributed by atoms with Crippen LogP contribution in [0, 0.1) is 0 Å². The molecule has 20 heavy (non-hydrogen) atoms. The Kier molecular flexibility index (Phi) is 4.24. The van der Waals surface area contributed by atoms with E-state index in [1.54, 1.807) is 24.3 Å². The van der Waals surface area contributed by atoms with Crippen LogP contribution in [0.25, 0.3) is 11.4 Å². The van der Waals surface area contributed by atoms with Gasteiger partial charge < -0.3 is 5.32 Å². The number of benzene rings is 1. The average molecular weight is 295 g/mol. The summed E-state index contributed by atoms with van der Waals surface area (Å²) < 4.78 is 1.28. The molecule has 7 heteroatoms. The quantitative estimate of drug-likeness (QED) is 0.895. The molecule has 0 saturated carbocycles. The van der Waals surface area contributed by atoms with Crippen molar-refractivity contribution in [2.24, 2.45) is 0 Å². The molecule has 6 nitrogen and oxygen atoms in total. The standard InChI is InChI=1S/C13H15ClN4O2/c1-8(2)15-11(19)7-18-12(16-17-13(18)20)9-4-3-5-10(14)6-9/h3-6,8H,7H2,1-2H3,(H,15,19)(H,17,20). The molecule has 0 bridgehead atoms. The molecule has 0 aliphatic rings. The van der Waals surface area contributed by atoms with E-state index in [-0.39, 0.29) is 18.5 Å². The molecular formula is C13H15ClN4O2. The van der Waals surface area contributed by atoms with Crippen LogP contribution in [0.1, 0.15) is 13.8 Å². The van der Waals surface area contributed by atoms with Gasteiger partial charge in [0.2, 0.25) is 5.91 Å². The fourth-order valence-electron chi connectivity index (χ4n) is 1.82. The summed E-state index contributed by atoms with van der Waals surface area (Å²) in [5.74, 6) is 0.142. The molecule has 1 aromatic carbocycles. The zero-order chi connectivity index (χ0) is 14.7. The van der Waals surface area contributed by atoms with Crippen molar-refractivity contribution in [1.82, 2.24) is 20.1 Å². The zero-order valence-corrected chi connectivity index (χ0v) is 11.9. The molecule has 1 amide bonds. The molecular weight excluding hydrogens is 280 g/mol. The number of H-pyrrole nitrogens is 1. The number of aromatic nitrogens is 3. The summed E-state index contributed by atoms with van der Waals surface area (Å²) in [7, 11) is 0. The Morgan fingerprint density at radius 3 is 2.90 bits per heavy atom. The number of carbonyl (C=O) groups is 1. The Balaban J connectivity index is 2.33. The van der Waals surface area contributed by atoms with Crippen molar-refractivity contribution in [3.63, 3.8) is 0 Å². The van der Waals surface area contributed by atoms with Crippen LogP contribution in [0.5, 0.6) is 0 Å². The van der Waals surface area contributed by atoms with E-state index in [4.69, 9.17) is 11.6 Å². The summed E-state index contributed by atoms with van der Waals surface area (Å²) >= 11 is 5.92. The first-order valence-corrected chi connectivity index (χ1v) is 6.55. The van der Waals surface area contributed by atoms with Crippen LogP contribution in [0.15, 0.2) is 29.1 Å². The molecule has 0 fully saturated rings. The van der Waals surface area contributed by atoms with Gasteiger partial charge in [-0.1, -0.05) is 23.7 Å². The Morgan fingerprint density at radius 2 is 2.25 bits per heavy atom. The minimum absolute atomic E-state index is 0.0136. The highest BCUT2D eigenvalue weighted by Crippen LogP contribution is 2.19. The Hall–Kier alpha value is -2.08. The van der Waals surface area contributed by atoms with Crippen molar-refractivity contribution in [2.45, 2.75) is 26.4 Å². The Morgan fingerprint density at radius 1 is 1.50 bits per heavy atom. The lowest BCUT2D eigenvalue weighted by Gasteiger charge is -2.09. The van der Waals surface area contributed by atoms with Gasteiger partial charge in [-0.3, -0.25) is 9.36 Å². The van der Waals surface area contributed by atoms with Crippen molar-refractivity contribution in [1.29, 1.82) is 0 Å². The lowest BCUT2D eigenvalue weighted by Crippen LogP contribution is -2.35. The highest BCUT2D eigenvalue weighted by molar-refractivity contribution is 6.30. The second-order valence-corrected chi connectivity index (χ2v) is 5.11. The maximum Gasteiger partial charge on any atom is 0.344 e. The highest BCUT2D eigenvalue weighted by atomic mass is 35.5. The van der Waals surface area contributed by atoms with Crippen LogP contribution in [0.4, 0.5) is 0 Å². The first-order valence-electron chi connectivity index (χ1n) is 6.18. The monoisotopic (exact) mass is 294 g/mol. The molecule has 2 N–H and O–H groups in total. The van der Waals surface area contributed by atoms with Gasteiger partial charge in [0.05, 0.1) is 0 Å². The molecule has 1 heterocycles. The van der Waals surface area contributed by atoms with Gasteiger partial charge in [0.1, 0.15) is 6.54 Å². The average Bonchev–Trinajstić information content (AvgIpc) is 2.70. The van der Waals surface area contributed by atoms with Crippen LogP contribution >= 0.6 is 11.6 Å². The molecule has 0 aliphatic carbocycles. The van der Waals surface area contributed by atoms with Crippen LogP contribution in [-0.4, -0.2) is 26.7 Å². The summed E-state index contributed by atoms with van der Waals surface area (Å²) in [4.78, 5) is 23.5. The van der Waals surface area contributed by atoms with E-state index in [0.717, 1.165) is 0 Å². The highest BCUT2D eigenvalue weighted by Gasteiger charge is 2.14. The normalized spacial score (nSPS) is 10.8. The van der Waals surface area contributed by atoms with Crippen molar-refractivity contribution < 1.29 is 4.79 Å². The summed E-state index contributed by atoms with van der Waals surface area (Å²) in [5, 5.41) is 9.56. The Labute approximate surface area is 120 Å². The van der Waals surface area contributed by atoms with Gasteiger partial charge in [0, 0.05) is 16.6 Å². The van der Waals surface area contributed by atoms with Crippen molar-refractivity contribution >= 4 is 17.5 Å². The van der Waals surface area contributed by atoms with Crippen LogP contribution in [-0.2, 0) is 11.3 Å². The number of rotatable bonds is 4. The summed E-state index contributed by atoms with van der Waals surface area (Å²) in [6.45, 7) is 3.62. The van der Waals surface area contributed by atoms with E-state index in [0.29, 0.717) is 16.4 Å². The second-order valence-electron chi connectivity index (χ2n) is 4.67. The molecule has 0 unspecified atom stereocenters. The van der Waals surface area contributed by atoms with E-state index in [1.165, 1.54) is 4.57 Å². The third kappa shape index (κ3) is 3.27. The number of aromatic amines is 1.